The van der Waals surface area contributed by atoms with Crippen LogP contribution in [0.3, 0.4) is 0 Å². The van der Waals surface area contributed by atoms with Crippen molar-refractivity contribution in [3.8, 4) is 5.75 Å². The number of ether oxygens (including phenoxy) is 1. The number of benzene rings is 3. The number of hydrogen-bond acceptors (Lipinski definition) is 5. The molecular formula is C25H16Cl2F3N3O3S. The third kappa shape index (κ3) is 7.06. The number of anilines is 2. The van der Waals surface area contributed by atoms with Crippen molar-refractivity contribution in [2.45, 2.75) is 6.36 Å². The number of nitrogens with zero attached hydrogens (tertiary/aromatic N) is 2. The molecule has 1 aliphatic rings. The number of amidine groups is 1. The zero-order valence-electron chi connectivity index (χ0n) is 18.6. The average Bonchev–Trinajstić information content (AvgIpc) is 3.16. The molecule has 0 saturated heterocycles. The molecule has 0 bridgehead atoms. The van der Waals surface area contributed by atoms with Gasteiger partial charge in [0.25, 0.3) is 5.91 Å². The van der Waals surface area contributed by atoms with E-state index in [-0.39, 0.29) is 28.2 Å². The summed E-state index contributed by atoms with van der Waals surface area (Å²) >= 11 is 13.1. The van der Waals surface area contributed by atoms with E-state index in [4.69, 9.17) is 23.2 Å². The summed E-state index contributed by atoms with van der Waals surface area (Å²) in [7, 11) is 0. The number of rotatable bonds is 6. The van der Waals surface area contributed by atoms with Crippen LogP contribution in [0.1, 0.15) is 5.56 Å². The van der Waals surface area contributed by atoms with Gasteiger partial charge < -0.3 is 10.1 Å². The molecule has 0 aromatic heterocycles. The van der Waals surface area contributed by atoms with E-state index in [2.05, 4.69) is 15.0 Å². The zero-order valence-corrected chi connectivity index (χ0v) is 21.0. The van der Waals surface area contributed by atoms with Crippen LogP contribution >= 0.6 is 35.0 Å². The molecule has 3 aromatic carbocycles. The minimum Gasteiger partial charge on any atom is -0.406 e. The molecule has 2 amide bonds. The van der Waals surface area contributed by atoms with E-state index in [0.717, 1.165) is 23.9 Å². The molecule has 0 saturated carbocycles. The van der Waals surface area contributed by atoms with Gasteiger partial charge in [-0.15, -0.1) is 13.2 Å². The smallest absolute Gasteiger partial charge is 0.406 e. The lowest BCUT2D eigenvalue weighted by Crippen LogP contribution is -2.31. The van der Waals surface area contributed by atoms with Crippen LogP contribution in [0.5, 0.6) is 5.75 Å². The third-order valence-electron chi connectivity index (χ3n) is 4.80. The third-order valence-corrected chi connectivity index (χ3v) is 6.47. The lowest BCUT2D eigenvalue weighted by atomic mass is 10.2. The second-order valence-electron chi connectivity index (χ2n) is 7.48. The first kappa shape index (κ1) is 26.6. The second kappa shape index (κ2) is 11.3. The van der Waals surface area contributed by atoms with Crippen LogP contribution in [0, 0.1) is 0 Å². The summed E-state index contributed by atoms with van der Waals surface area (Å²) in [6.45, 7) is 0. The first-order valence-corrected chi connectivity index (χ1v) is 12.3. The monoisotopic (exact) mass is 565 g/mol. The summed E-state index contributed by atoms with van der Waals surface area (Å²) in [6, 6.07) is 18.5. The molecule has 0 atom stereocenters. The minimum atomic E-state index is -4.81. The highest BCUT2D eigenvalue weighted by Crippen LogP contribution is 2.31. The van der Waals surface area contributed by atoms with Gasteiger partial charge in [0.1, 0.15) is 11.4 Å². The fourth-order valence-electron chi connectivity index (χ4n) is 3.23. The van der Waals surface area contributed by atoms with E-state index < -0.39 is 18.0 Å². The topological polar surface area (TPSA) is 71.0 Å². The summed E-state index contributed by atoms with van der Waals surface area (Å²) in [6.07, 6.45) is -3.24. The van der Waals surface area contributed by atoms with Gasteiger partial charge in [-0.25, -0.2) is 4.99 Å². The van der Waals surface area contributed by atoms with Crippen LogP contribution in [0.4, 0.5) is 24.5 Å². The number of carbonyl (C=O) groups excluding carboxylic acids is 2. The first-order chi connectivity index (χ1) is 17.6. The number of para-hydroxylation sites is 1. The fourth-order valence-corrected chi connectivity index (χ4v) is 4.34. The molecule has 0 spiro atoms. The predicted octanol–water partition coefficient (Wildman–Crippen LogP) is 7.01. The number of alkyl halides is 3. The van der Waals surface area contributed by atoms with E-state index in [1.54, 1.807) is 54.6 Å². The van der Waals surface area contributed by atoms with E-state index in [0.29, 0.717) is 21.3 Å². The minimum absolute atomic E-state index is 0.115. The summed E-state index contributed by atoms with van der Waals surface area (Å²) in [5.74, 6) is -1.35. The maximum Gasteiger partial charge on any atom is 0.573 e. The molecule has 1 aliphatic heterocycles. The van der Waals surface area contributed by atoms with Gasteiger partial charge in [-0.1, -0.05) is 59.2 Å². The number of aliphatic imine (C=N–C) groups is 1. The molecule has 0 fully saturated rings. The molecule has 37 heavy (non-hydrogen) atoms. The van der Waals surface area contributed by atoms with Crippen molar-refractivity contribution in [1.29, 1.82) is 0 Å². The quantitative estimate of drug-likeness (QED) is 0.326. The van der Waals surface area contributed by atoms with Gasteiger partial charge in [-0.3, -0.25) is 14.5 Å². The molecule has 190 valence electrons. The fraction of sp³-hybridized carbons (Fsp3) is 0.0800. The Kier molecular flexibility index (Phi) is 8.11. The molecule has 1 N–H and O–H groups in total. The van der Waals surface area contributed by atoms with Crippen molar-refractivity contribution in [2.24, 2.45) is 4.99 Å². The van der Waals surface area contributed by atoms with Crippen LogP contribution < -0.4 is 15.0 Å². The number of carbonyl (C=O) groups is 2. The molecule has 3 aromatic rings. The summed E-state index contributed by atoms with van der Waals surface area (Å²) in [5.41, 5.74) is 1.61. The maximum absolute atomic E-state index is 13.2. The molecule has 0 aliphatic carbocycles. The highest BCUT2D eigenvalue weighted by molar-refractivity contribution is 8.14. The maximum atomic E-state index is 13.2. The van der Waals surface area contributed by atoms with Crippen molar-refractivity contribution >= 4 is 69.4 Å². The van der Waals surface area contributed by atoms with Gasteiger partial charge in [-0.05, 0) is 60.2 Å². The Balaban J connectivity index is 1.49. The highest BCUT2D eigenvalue weighted by atomic mass is 35.5. The summed E-state index contributed by atoms with van der Waals surface area (Å²) < 4.78 is 40.8. The number of amides is 2. The van der Waals surface area contributed by atoms with Gasteiger partial charge in [0, 0.05) is 5.69 Å². The van der Waals surface area contributed by atoms with Crippen molar-refractivity contribution in [1.82, 2.24) is 0 Å². The average molecular weight is 566 g/mol. The van der Waals surface area contributed by atoms with Gasteiger partial charge in [0.2, 0.25) is 5.91 Å². The van der Waals surface area contributed by atoms with Gasteiger partial charge in [0.05, 0.1) is 21.5 Å². The Morgan fingerprint density at radius 1 is 1.03 bits per heavy atom. The normalized spacial score (nSPS) is 14.6. The Morgan fingerprint density at radius 2 is 1.73 bits per heavy atom. The summed E-state index contributed by atoms with van der Waals surface area (Å²) in [4.78, 5) is 31.6. The first-order valence-electron chi connectivity index (χ1n) is 10.5. The van der Waals surface area contributed by atoms with Crippen LogP contribution in [-0.4, -0.2) is 29.1 Å². The second-order valence-corrected chi connectivity index (χ2v) is 9.24. The van der Waals surface area contributed by atoms with Crippen molar-refractivity contribution in [3.63, 3.8) is 0 Å². The Bertz CT molecular complexity index is 1380. The van der Waals surface area contributed by atoms with Crippen molar-refractivity contribution in [3.05, 3.63) is 94.1 Å². The largest absolute Gasteiger partial charge is 0.573 e. The molecule has 1 heterocycles. The summed E-state index contributed by atoms with van der Waals surface area (Å²) in [5, 5.41) is 3.58. The lowest BCUT2D eigenvalue weighted by molar-refractivity contribution is -0.274. The number of halogens is 5. The molecule has 12 heteroatoms. The van der Waals surface area contributed by atoms with E-state index in [9.17, 15) is 22.8 Å². The van der Waals surface area contributed by atoms with Crippen molar-refractivity contribution < 1.29 is 27.5 Å². The van der Waals surface area contributed by atoms with Gasteiger partial charge in [-0.2, -0.15) is 0 Å². The molecular weight excluding hydrogens is 550 g/mol. The Labute approximate surface area is 223 Å². The number of hydrogen-bond donors (Lipinski definition) is 1. The highest BCUT2D eigenvalue weighted by Gasteiger charge is 2.33. The van der Waals surface area contributed by atoms with Crippen LogP contribution in [-0.2, 0) is 9.59 Å². The Morgan fingerprint density at radius 3 is 2.38 bits per heavy atom. The molecule has 6 nitrogen and oxygen atoms in total. The van der Waals surface area contributed by atoms with E-state index >= 15 is 0 Å². The van der Waals surface area contributed by atoms with Crippen LogP contribution in [0.25, 0.3) is 6.08 Å². The van der Waals surface area contributed by atoms with Crippen molar-refractivity contribution in [2.75, 3.05) is 16.0 Å². The van der Waals surface area contributed by atoms with Crippen LogP contribution in [0.15, 0.2) is 83.5 Å². The van der Waals surface area contributed by atoms with Crippen LogP contribution in [0.2, 0.25) is 10.0 Å². The van der Waals surface area contributed by atoms with Gasteiger partial charge in [0.15, 0.2) is 5.17 Å². The zero-order chi connectivity index (χ0) is 26.6. The number of thioether (sulfide) groups is 1. The molecule has 0 unspecified atom stereocenters. The van der Waals surface area contributed by atoms with Gasteiger partial charge >= 0.3 is 6.36 Å². The molecule has 0 radical (unpaired) electrons. The SMILES string of the molecule is O=C(CSC1=NC(=Cc2ccc(Cl)c(Cl)c2)C(=O)N1c1ccccc1)Nc1ccc(OC(F)(F)F)cc1. The molecule has 4 rings (SSSR count). The predicted molar refractivity (Wildman–Crippen MR) is 140 cm³/mol. The lowest BCUT2D eigenvalue weighted by Gasteiger charge is -2.17. The Hall–Kier alpha value is -3.47. The standard InChI is InChI=1S/C25H16Cl2F3N3O3S/c26-19-11-6-15(12-20(19)27)13-21-23(35)33(17-4-2-1-3-5-17)24(32-21)37-14-22(34)31-16-7-9-18(10-8-16)36-25(28,29)30/h1-13H,14H2,(H,31,34). The van der Waals surface area contributed by atoms with E-state index in [1.165, 1.54) is 17.0 Å². The van der Waals surface area contributed by atoms with E-state index in [1.807, 2.05) is 0 Å². The number of nitrogens with one attached hydrogen (secondary N) is 1.